The number of thiophene rings is 1. The van der Waals surface area contributed by atoms with E-state index in [-0.39, 0.29) is 12.5 Å². The molecule has 0 radical (unpaired) electrons. The minimum absolute atomic E-state index is 0.0680. The standard InChI is InChI=1S/C11H18N2O3S/c12-11(15)9-6-10(17-8-9)7-13-2-1-4-16-5-3-14/h6,8,13-14H,1-5,7H2,(H2,12,15). The van der Waals surface area contributed by atoms with Gasteiger partial charge in [-0.2, -0.15) is 0 Å². The zero-order valence-corrected chi connectivity index (χ0v) is 10.5. The Hall–Kier alpha value is -0.950. The number of aliphatic hydroxyl groups is 1. The molecule has 0 fully saturated rings. The fourth-order valence-electron chi connectivity index (χ4n) is 1.28. The van der Waals surface area contributed by atoms with E-state index >= 15 is 0 Å². The molecule has 5 nitrogen and oxygen atoms in total. The van der Waals surface area contributed by atoms with E-state index in [4.69, 9.17) is 15.6 Å². The molecule has 1 amide bonds. The van der Waals surface area contributed by atoms with Gasteiger partial charge in [0.25, 0.3) is 0 Å². The molecule has 1 aromatic heterocycles. The maximum Gasteiger partial charge on any atom is 0.249 e. The Bertz CT molecular complexity index is 341. The lowest BCUT2D eigenvalue weighted by molar-refractivity contribution is 0.0907. The number of ether oxygens (including phenoxy) is 1. The third-order valence-electron chi connectivity index (χ3n) is 2.12. The molecule has 1 rings (SSSR count). The Morgan fingerprint density at radius 1 is 1.53 bits per heavy atom. The summed E-state index contributed by atoms with van der Waals surface area (Å²) >= 11 is 1.52. The molecule has 17 heavy (non-hydrogen) atoms. The second kappa shape index (κ2) is 8.19. The second-order valence-corrected chi connectivity index (χ2v) is 4.53. The van der Waals surface area contributed by atoms with E-state index in [1.807, 2.05) is 6.07 Å². The predicted octanol–water partition coefficient (Wildman–Crippen LogP) is 0.336. The molecule has 0 aromatic carbocycles. The van der Waals surface area contributed by atoms with Crippen molar-refractivity contribution in [3.05, 3.63) is 21.9 Å². The van der Waals surface area contributed by atoms with Crippen LogP contribution in [-0.2, 0) is 11.3 Å². The molecule has 0 unspecified atom stereocenters. The zero-order chi connectivity index (χ0) is 12.5. The average molecular weight is 258 g/mol. The maximum atomic E-state index is 10.9. The van der Waals surface area contributed by atoms with Crippen molar-refractivity contribution in [3.8, 4) is 0 Å². The molecule has 0 aliphatic heterocycles. The summed E-state index contributed by atoms with van der Waals surface area (Å²) in [5, 5.41) is 13.5. The lowest BCUT2D eigenvalue weighted by Gasteiger charge is -2.03. The monoisotopic (exact) mass is 258 g/mol. The van der Waals surface area contributed by atoms with Gasteiger partial charge in [0.2, 0.25) is 5.91 Å². The van der Waals surface area contributed by atoms with Crippen molar-refractivity contribution in [1.82, 2.24) is 5.32 Å². The van der Waals surface area contributed by atoms with E-state index in [1.54, 1.807) is 5.38 Å². The molecule has 0 bridgehead atoms. The number of rotatable bonds is 9. The SMILES string of the molecule is NC(=O)c1csc(CNCCCOCCO)c1. The molecule has 1 aromatic rings. The zero-order valence-electron chi connectivity index (χ0n) is 9.65. The third-order valence-corrected chi connectivity index (χ3v) is 3.05. The van der Waals surface area contributed by atoms with Crippen LogP contribution in [0.1, 0.15) is 21.7 Å². The fraction of sp³-hybridized carbons (Fsp3) is 0.545. The first-order valence-electron chi connectivity index (χ1n) is 5.50. The van der Waals surface area contributed by atoms with E-state index < -0.39 is 0 Å². The number of nitrogens with two attached hydrogens (primary N) is 1. The number of primary amides is 1. The van der Waals surface area contributed by atoms with Crippen molar-refractivity contribution in [2.45, 2.75) is 13.0 Å². The number of carbonyl (C=O) groups is 1. The van der Waals surface area contributed by atoms with Gasteiger partial charge in [0.15, 0.2) is 0 Å². The van der Waals surface area contributed by atoms with Crippen LogP contribution in [0.4, 0.5) is 0 Å². The van der Waals surface area contributed by atoms with Gasteiger partial charge in [0.1, 0.15) is 0 Å². The topological polar surface area (TPSA) is 84.6 Å². The van der Waals surface area contributed by atoms with Crippen LogP contribution in [0.3, 0.4) is 0 Å². The van der Waals surface area contributed by atoms with Crippen molar-refractivity contribution in [2.24, 2.45) is 5.73 Å². The first-order chi connectivity index (χ1) is 8.24. The van der Waals surface area contributed by atoms with E-state index in [0.717, 1.165) is 24.4 Å². The summed E-state index contributed by atoms with van der Waals surface area (Å²) in [7, 11) is 0. The normalized spacial score (nSPS) is 10.6. The predicted molar refractivity (Wildman–Crippen MR) is 67.1 cm³/mol. The number of aliphatic hydroxyl groups excluding tert-OH is 1. The van der Waals surface area contributed by atoms with E-state index in [1.165, 1.54) is 11.3 Å². The molecule has 6 heteroatoms. The summed E-state index contributed by atoms with van der Waals surface area (Å²) in [6.07, 6.45) is 0.897. The number of nitrogens with one attached hydrogen (secondary N) is 1. The van der Waals surface area contributed by atoms with Crippen LogP contribution in [0.2, 0.25) is 0 Å². The van der Waals surface area contributed by atoms with Crippen molar-refractivity contribution in [3.63, 3.8) is 0 Å². The van der Waals surface area contributed by atoms with E-state index in [0.29, 0.717) is 18.8 Å². The van der Waals surface area contributed by atoms with Gasteiger partial charge < -0.3 is 20.9 Å². The van der Waals surface area contributed by atoms with Gasteiger partial charge in [0.05, 0.1) is 18.8 Å². The minimum Gasteiger partial charge on any atom is -0.394 e. The van der Waals surface area contributed by atoms with Gasteiger partial charge in [-0.15, -0.1) is 11.3 Å². The minimum atomic E-state index is -0.384. The van der Waals surface area contributed by atoms with Crippen LogP contribution in [0.15, 0.2) is 11.4 Å². The van der Waals surface area contributed by atoms with Crippen molar-refractivity contribution in [2.75, 3.05) is 26.4 Å². The van der Waals surface area contributed by atoms with Crippen molar-refractivity contribution in [1.29, 1.82) is 0 Å². The Balaban J connectivity index is 2.07. The Labute approximate surface area is 105 Å². The van der Waals surface area contributed by atoms with Crippen molar-refractivity contribution >= 4 is 17.2 Å². The molecular formula is C11H18N2O3S. The highest BCUT2D eigenvalue weighted by Gasteiger charge is 2.03. The van der Waals surface area contributed by atoms with Crippen LogP contribution in [0.25, 0.3) is 0 Å². The smallest absolute Gasteiger partial charge is 0.249 e. The molecule has 0 aliphatic rings. The summed E-state index contributed by atoms with van der Waals surface area (Å²) in [5.41, 5.74) is 5.73. The van der Waals surface area contributed by atoms with Crippen LogP contribution in [0, 0.1) is 0 Å². The van der Waals surface area contributed by atoms with E-state index in [2.05, 4.69) is 5.32 Å². The van der Waals surface area contributed by atoms with Crippen LogP contribution < -0.4 is 11.1 Å². The lowest BCUT2D eigenvalue weighted by atomic mass is 10.3. The Morgan fingerprint density at radius 3 is 3.00 bits per heavy atom. The van der Waals surface area contributed by atoms with Crippen molar-refractivity contribution < 1.29 is 14.6 Å². The average Bonchev–Trinajstić information content (AvgIpc) is 2.77. The summed E-state index contributed by atoms with van der Waals surface area (Å²) in [5.74, 6) is -0.384. The van der Waals surface area contributed by atoms with Gasteiger partial charge in [-0.3, -0.25) is 4.79 Å². The highest BCUT2D eigenvalue weighted by Crippen LogP contribution is 2.13. The number of amides is 1. The Morgan fingerprint density at radius 2 is 2.35 bits per heavy atom. The molecule has 4 N–H and O–H groups in total. The molecule has 0 spiro atoms. The Kier molecular flexibility index (Phi) is 6.80. The maximum absolute atomic E-state index is 10.9. The van der Waals surface area contributed by atoms with Crippen LogP contribution >= 0.6 is 11.3 Å². The molecule has 0 saturated heterocycles. The van der Waals surface area contributed by atoms with Crippen LogP contribution in [0.5, 0.6) is 0 Å². The molecule has 0 atom stereocenters. The second-order valence-electron chi connectivity index (χ2n) is 3.53. The van der Waals surface area contributed by atoms with Gasteiger partial charge >= 0.3 is 0 Å². The first kappa shape index (κ1) is 14.1. The highest BCUT2D eigenvalue weighted by atomic mass is 32.1. The molecule has 0 aliphatic carbocycles. The lowest BCUT2D eigenvalue weighted by Crippen LogP contribution is -2.16. The van der Waals surface area contributed by atoms with Gasteiger partial charge in [0, 0.05) is 23.4 Å². The molecule has 96 valence electrons. The summed E-state index contributed by atoms with van der Waals surface area (Å²) < 4.78 is 5.12. The first-order valence-corrected chi connectivity index (χ1v) is 6.38. The summed E-state index contributed by atoms with van der Waals surface area (Å²) in [6.45, 7) is 2.68. The van der Waals surface area contributed by atoms with Gasteiger partial charge in [-0.1, -0.05) is 0 Å². The van der Waals surface area contributed by atoms with Gasteiger partial charge in [-0.25, -0.2) is 0 Å². The number of hydrogen-bond donors (Lipinski definition) is 3. The third kappa shape index (κ3) is 5.78. The summed E-state index contributed by atoms with van der Waals surface area (Å²) in [6, 6.07) is 1.81. The molecule has 0 saturated carbocycles. The fourth-order valence-corrected chi connectivity index (χ4v) is 2.12. The number of carbonyl (C=O) groups excluding carboxylic acids is 1. The van der Waals surface area contributed by atoms with Crippen LogP contribution in [-0.4, -0.2) is 37.4 Å². The molecular weight excluding hydrogens is 240 g/mol. The molecule has 1 heterocycles. The van der Waals surface area contributed by atoms with E-state index in [9.17, 15) is 4.79 Å². The van der Waals surface area contributed by atoms with Gasteiger partial charge in [-0.05, 0) is 19.0 Å². The highest BCUT2D eigenvalue weighted by molar-refractivity contribution is 7.10. The largest absolute Gasteiger partial charge is 0.394 e. The summed E-state index contributed by atoms with van der Waals surface area (Å²) in [4.78, 5) is 12.0. The quantitative estimate of drug-likeness (QED) is 0.557. The number of hydrogen-bond acceptors (Lipinski definition) is 5.